The first-order valence-electron chi connectivity index (χ1n) is 10.8. The predicted octanol–water partition coefficient (Wildman–Crippen LogP) is 4.49. The highest BCUT2D eigenvalue weighted by atomic mass is 127. The van der Waals surface area contributed by atoms with E-state index in [0.717, 1.165) is 67.2 Å². The van der Waals surface area contributed by atoms with Crippen LogP contribution in [0, 0.1) is 19.7 Å². The van der Waals surface area contributed by atoms with Crippen molar-refractivity contribution >= 4 is 29.9 Å². The van der Waals surface area contributed by atoms with Gasteiger partial charge in [-0.1, -0.05) is 24.3 Å². The molecule has 0 atom stereocenters. The lowest BCUT2D eigenvalue weighted by Gasteiger charge is -2.33. The largest absolute Gasteiger partial charge is 0.507 e. The highest BCUT2D eigenvalue weighted by Gasteiger charge is 2.20. The number of nitrogens with zero attached hydrogens (tertiary/aromatic N) is 2. The molecule has 170 valence electrons. The zero-order valence-electron chi connectivity index (χ0n) is 18.6. The molecular formula is C24H34FIN4O. The first-order chi connectivity index (χ1) is 14.4. The lowest BCUT2D eigenvalue weighted by atomic mass is 10.0. The van der Waals surface area contributed by atoms with Gasteiger partial charge in [-0.15, -0.1) is 24.0 Å². The number of aromatic hydroxyl groups is 1. The molecule has 0 radical (unpaired) electrons. The summed E-state index contributed by atoms with van der Waals surface area (Å²) >= 11 is 0. The van der Waals surface area contributed by atoms with Crippen molar-refractivity contribution in [3.63, 3.8) is 0 Å². The minimum atomic E-state index is -0.186. The van der Waals surface area contributed by atoms with E-state index < -0.39 is 0 Å². The number of guanidine groups is 1. The Morgan fingerprint density at radius 2 is 1.71 bits per heavy atom. The van der Waals surface area contributed by atoms with Gasteiger partial charge in [0.15, 0.2) is 5.96 Å². The van der Waals surface area contributed by atoms with Gasteiger partial charge in [0.05, 0.1) is 6.54 Å². The van der Waals surface area contributed by atoms with Gasteiger partial charge in [0.25, 0.3) is 0 Å². The molecule has 1 heterocycles. The SMILES string of the molecule is CCNC(=NCc1cc(C)c(O)c(C)c1)NC1CCN(Cc2ccc(F)cc2)CC1.I. The van der Waals surface area contributed by atoms with Gasteiger partial charge in [0.2, 0.25) is 0 Å². The van der Waals surface area contributed by atoms with E-state index >= 15 is 0 Å². The number of hydrogen-bond donors (Lipinski definition) is 3. The first kappa shape index (κ1) is 25.4. The molecule has 2 aromatic rings. The Balaban J connectivity index is 0.00000341. The summed E-state index contributed by atoms with van der Waals surface area (Å²) in [6, 6.07) is 11.1. The molecule has 2 aromatic carbocycles. The number of phenols is 1. The van der Waals surface area contributed by atoms with Crippen molar-refractivity contribution in [2.24, 2.45) is 4.99 Å². The van der Waals surface area contributed by atoms with Crippen LogP contribution in [0.2, 0.25) is 0 Å². The lowest BCUT2D eigenvalue weighted by Crippen LogP contribution is -2.48. The van der Waals surface area contributed by atoms with Crippen molar-refractivity contribution < 1.29 is 9.50 Å². The van der Waals surface area contributed by atoms with Crippen molar-refractivity contribution in [1.82, 2.24) is 15.5 Å². The summed E-state index contributed by atoms with van der Waals surface area (Å²) in [5, 5.41) is 16.9. The molecule has 1 aliphatic rings. The van der Waals surface area contributed by atoms with Crippen LogP contribution in [0.15, 0.2) is 41.4 Å². The van der Waals surface area contributed by atoms with Crippen molar-refractivity contribution in [3.8, 4) is 5.75 Å². The Bertz CT molecular complexity index is 841. The molecule has 1 saturated heterocycles. The average Bonchev–Trinajstić information content (AvgIpc) is 2.73. The molecule has 3 N–H and O–H groups in total. The third-order valence-electron chi connectivity index (χ3n) is 5.56. The van der Waals surface area contributed by atoms with E-state index in [0.29, 0.717) is 18.3 Å². The van der Waals surface area contributed by atoms with E-state index in [9.17, 15) is 9.50 Å². The summed E-state index contributed by atoms with van der Waals surface area (Å²) < 4.78 is 13.1. The number of phenolic OH excluding ortho intramolecular Hbond substituents is 1. The molecule has 31 heavy (non-hydrogen) atoms. The quantitative estimate of drug-likeness (QED) is 0.287. The van der Waals surface area contributed by atoms with E-state index in [1.54, 1.807) is 0 Å². The minimum Gasteiger partial charge on any atom is -0.507 e. The van der Waals surface area contributed by atoms with Crippen LogP contribution in [0.1, 0.15) is 42.0 Å². The number of nitrogens with one attached hydrogen (secondary N) is 2. The van der Waals surface area contributed by atoms with Gasteiger partial charge in [-0.3, -0.25) is 4.90 Å². The molecule has 0 aliphatic carbocycles. The molecule has 0 amide bonds. The molecule has 0 saturated carbocycles. The van der Waals surface area contributed by atoms with Gasteiger partial charge >= 0.3 is 0 Å². The molecule has 0 aromatic heterocycles. The standard InChI is InChI=1S/C24H33FN4O.HI/c1-4-26-24(27-15-20-13-17(2)23(30)18(3)14-20)28-22-9-11-29(12-10-22)16-19-5-7-21(25)8-6-19;/h5-8,13-14,22,30H,4,9-12,15-16H2,1-3H3,(H2,26,27,28);1H. The Morgan fingerprint density at radius 1 is 1.10 bits per heavy atom. The Labute approximate surface area is 202 Å². The average molecular weight is 540 g/mol. The molecule has 1 fully saturated rings. The zero-order valence-corrected chi connectivity index (χ0v) is 20.9. The predicted molar refractivity (Wildman–Crippen MR) is 136 cm³/mol. The van der Waals surface area contributed by atoms with Gasteiger partial charge in [0.1, 0.15) is 11.6 Å². The first-order valence-corrected chi connectivity index (χ1v) is 10.8. The van der Waals surface area contributed by atoms with E-state index in [2.05, 4.69) is 22.5 Å². The van der Waals surface area contributed by atoms with Crippen LogP contribution in [-0.2, 0) is 13.1 Å². The summed E-state index contributed by atoms with van der Waals surface area (Å²) in [6.45, 7) is 10.1. The van der Waals surface area contributed by atoms with E-state index in [1.807, 2.05) is 38.1 Å². The number of rotatable bonds is 6. The molecule has 3 rings (SSSR count). The van der Waals surface area contributed by atoms with Crippen LogP contribution in [0.4, 0.5) is 4.39 Å². The molecule has 1 aliphatic heterocycles. The maximum Gasteiger partial charge on any atom is 0.191 e. The smallest absolute Gasteiger partial charge is 0.191 e. The monoisotopic (exact) mass is 540 g/mol. The van der Waals surface area contributed by atoms with Crippen LogP contribution in [0.3, 0.4) is 0 Å². The fourth-order valence-electron chi connectivity index (χ4n) is 3.90. The van der Waals surface area contributed by atoms with Crippen molar-refractivity contribution in [2.45, 2.75) is 52.7 Å². The fraction of sp³-hybridized carbons (Fsp3) is 0.458. The highest BCUT2D eigenvalue weighted by molar-refractivity contribution is 14.0. The number of aliphatic imine (C=N–C) groups is 1. The Hall–Kier alpha value is -1.87. The topological polar surface area (TPSA) is 59.9 Å². The molecule has 5 nitrogen and oxygen atoms in total. The fourth-order valence-corrected chi connectivity index (χ4v) is 3.90. The van der Waals surface area contributed by atoms with E-state index in [4.69, 9.17) is 4.99 Å². The molecule has 7 heteroatoms. The minimum absolute atomic E-state index is 0. The van der Waals surface area contributed by atoms with Crippen LogP contribution in [0.5, 0.6) is 5.75 Å². The third kappa shape index (κ3) is 7.64. The maximum atomic E-state index is 13.1. The number of likely N-dealkylation sites (tertiary alicyclic amines) is 1. The van der Waals surface area contributed by atoms with E-state index in [1.165, 1.54) is 12.1 Å². The number of aryl methyl sites for hydroxylation is 2. The summed E-state index contributed by atoms with van der Waals surface area (Å²) in [7, 11) is 0. The second-order valence-electron chi connectivity index (χ2n) is 8.09. The van der Waals surface area contributed by atoms with Gasteiger partial charge in [-0.05, 0) is 68.0 Å². The number of halogens is 2. The summed E-state index contributed by atoms with van der Waals surface area (Å²) in [6.07, 6.45) is 2.09. The van der Waals surface area contributed by atoms with Gasteiger partial charge in [-0.25, -0.2) is 9.38 Å². The summed E-state index contributed by atoms with van der Waals surface area (Å²) in [5.74, 6) is 1.01. The zero-order chi connectivity index (χ0) is 21.5. The Kier molecular flexibility index (Phi) is 10.0. The van der Waals surface area contributed by atoms with Crippen molar-refractivity contribution in [3.05, 3.63) is 64.5 Å². The second-order valence-corrected chi connectivity index (χ2v) is 8.09. The third-order valence-corrected chi connectivity index (χ3v) is 5.56. The molecule has 0 unspecified atom stereocenters. The molecule has 0 spiro atoms. The highest BCUT2D eigenvalue weighted by Crippen LogP contribution is 2.23. The normalized spacial score (nSPS) is 15.4. The molecule has 0 bridgehead atoms. The van der Waals surface area contributed by atoms with Crippen LogP contribution in [-0.4, -0.2) is 41.6 Å². The Morgan fingerprint density at radius 3 is 2.29 bits per heavy atom. The number of benzene rings is 2. The van der Waals surface area contributed by atoms with Crippen molar-refractivity contribution in [2.75, 3.05) is 19.6 Å². The maximum absolute atomic E-state index is 13.1. The van der Waals surface area contributed by atoms with Crippen LogP contribution >= 0.6 is 24.0 Å². The van der Waals surface area contributed by atoms with Crippen LogP contribution in [0.25, 0.3) is 0 Å². The second kappa shape index (κ2) is 12.2. The van der Waals surface area contributed by atoms with Gasteiger partial charge in [0, 0.05) is 32.2 Å². The van der Waals surface area contributed by atoms with Crippen molar-refractivity contribution in [1.29, 1.82) is 0 Å². The lowest BCUT2D eigenvalue weighted by molar-refractivity contribution is 0.198. The van der Waals surface area contributed by atoms with E-state index in [-0.39, 0.29) is 29.8 Å². The van der Waals surface area contributed by atoms with Crippen LogP contribution < -0.4 is 10.6 Å². The molecular weight excluding hydrogens is 506 g/mol. The summed E-state index contributed by atoms with van der Waals surface area (Å²) in [5.41, 5.74) is 4.00. The van der Waals surface area contributed by atoms with Gasteiger partial charge < -0.3 is 15.7 Å². The number of piperidine rings is 1. The number of hydrogen-bond acceptors (Lipinski definition) is 3. The summed E-state index contributed by atoms with van der Waals surface area (Å²) in [4.78, 5) is 7.16. The van der Waals surface area contributed by atoms with Gasteiger partial charge in [-0.2, -0.15) is 0 Å².